The summed E-state index contributed by atoms with van der Waals surface area (Å²) in [5.74, 6) is -0.239. The molecule has 1 heterocycles. The molecule has 0 saturated heterocycles. The van der Waals surface area contributed by atoms with Crippen LogP contribution in [-0.4, -0.2) is 42.7 Å². The van der Waals surface area contributed by atoms with Crippen molar-refractivity contribution >= 4 is 23.0 Å². The number of esters is 1. The van der Waals surface area contributed by atoms with Crippen LogP contribution in [0.4, 0.5) is 4.79 Å². The first-order chi connectivity index (χ1) is 9.62. The number of hydrogen-bond acceptors (Lipinski definition) is 6. The van der Waals surface area contributed by atoms with E-state index in [-0.39, 0.29) is 12.5 Å². The molecule has 0 aliphatic rings. The number of methoxy groups -OCH3 is 2. The lowest BCUT2D eigenvalue weighted by atomic mass is 10.1. The molecule has 0 bridgehead atoms. The van der Waals surface area contributed by atoms with Gasteiger partial charge in [0.1, 0.15) is 0 Å². The van der Waals surface area contributed by atoms with E-state index in [4.69, 9.17) is 9.47 Å². The van der Waals surface area contributed by atoms with Gasteiger partial charge in [-0.05, 0) is 25.1 Å². The van der Waals surface area contributed by atoms with Crippen LogP contribution >= 0.6 is 0 Å². The molecule has 0 atom stereocenters. The summed E-state index contributed by atoms with van der Waals surface area (Å²) in [5, 5.41) is 4.55. The Bertz CT molecular complexity index is 662. The summed E-state index contributed by atoms with van der Waals surface area (Å²) in [6, 6.07) is 4.70. The van der Waals surface area contributed by atoms with Crippen molar-refractivity contribution in [2.75, 3.05) is 20.8 Å². The van der Waals surface area contributed by atoms with E-state index in [2.05, 4.69) is 9.84 Å². The Balaban J connectivity index is 2.58. The number of fused-ring (bicyclic) bond motifs is 1. The van der Waals surface area contributed by atoms with Crippen molar-refractivity contribution in [3.05, 3.63) is 23.8 Å². The Morgan fingerprint density at radius 1 is 1.30 bits per heavy atom. The molecule has 0 aliphatic heterocycles. The van der Waals surface area contributed by atoms with Crippen molar-refractivity contribution in [2.24, 2.45) is 0 Å². The van der Waals surface area contributed by atoms with E-state index in [1.807, 2.05) is 0 Å². The zero-order valence-electron chi connectivity index (χ0n) is 11.4. The fourth-order valence-corrected chi connectivity index (χ4v) is 1.81. The molecule has 0 amide bonds. The number of rotatable bonds is 3. The lowest BCUT2D eigenvalue weighted by molar-refractivity contribution is 0.0601. The highest BCUT2D eigenvalue weighted by molar-refractivity contribution is 5.98. The molecule has 2 rings (SSSR count). The maximum absolute atomic E-state index is 11.8. The maximum Gasteiger partial charge on any atom is 0.435 e. The van der Waals surface area contributed by atoms with E-state index in [9.17, 15) is 9.59 Å². The quantitative estimate of drug-likeness (QED) is 0.797. The van der Waals surface area contributed by atoms with Gasteiger partial charge in [0.25, 0.3) is 0 Å². The molecular formula is C13H14N2O5. The van der Waals surface area contributed by atoms with Crippen LogP contribution < -0.4 is 4.74 Å². The topological polar surface area (TPSA) is 79.7 Å². The van der Waals surface area contributed by atoms with Gasteiger partial charge in [0.2, 0.25) is 5.88 Å². The Hall–Kier alpha value is -2.57. The average Bonchev–Trinajstić information content (AvgIpc) is 2.84. The summed E-state index contributed by atoms with van der Waals surface area (Å²) in [7, 11) is 2.73. The highest BCUT2D eigenvalue weighted by Crippen LogP contribution is 2.26. The molecule has 0 N–H and O–H groups in total. The van der Waals surface area contributed by atoms with Crippen LogP contribution in [-0.2, 0) is 9.47 Å². The van der Waals surface area contributed by atoms with Gasteiger partial charge in [-0.15, -0.1) is 5.10 Å². The van der Waals surface area contributed by atoms with Crippen LogP contribution in [0.5, 0.6) is 5.88 Å². The van der Waals surface area contributed by atoms with Crippen LogP contribution in [0.3, 0.4) is 0 Å². The van der Waals surface area contributed by atoms with E-state index in [0.717, 1.165) is 4.68 Å². The summed E-state index contributed by atoms with van der Waals surface area (Å²) in [6.45, 7) is 1.94. The number of hydrogen-bond donors (Lipinski definition) is 0. The lowest BCUT2D eigenvalue weighted by Gasteiger charge is -2.02. The van der Waals surface area contributed by atoms with Crippen LogP contribution in [0.15, 0.2) is 18.2 Å². The van der Waals surface area contributed by atoms with Gasteiger partial charge in [-0.25, -0.2) is 9.59 Å². The minimum atomic E-state index is -0.605. The van der Waals surface area contributed by atoms with Gasteiger partial charge in [0, 0.05) is 0 Å². The number of nitrogens with zero attached hydrogens (tertiary/aromatic N) is 2. The molecule has 0 aliphatic carbocycles. The molecule has 106 valence electrons. The van der Waals surface area contributed by atoms with Crippen LogP contribution in [0.25, 0.3) is 10.9 Å². The van der Waals surface area contributed by atoms with E-state index >= 15 is 0 Å². The molecule has 0 unspecified atom stereocenters. The van der Waals surface area contributed by atoms with Gasteiger partial charge in [0.05, 0.1) is 37.3 Å². The molecule has 0 radical (unpaired) electrons. The Labute approximate surface area is 115 Å². The molecule has 7 heteroatoms. The molecule has 0 spiro atoms. The first kappa shape index (κ1) is 13.9. The first-order valence-corrected chi connectivity index (χ1v) is 5.94. The first-order valence-electron chi connectivity index (χ1n) is 5.94. The second-order valence-electron chi connectivity index (χ2n) is 3.84. The minimum Gasteiger partial charge on any atom is -0.479 e. The van der Waals surface area contributed by atoms with Gasteiger partial charge in [-0.1, -0.05) is 0 Å². The standard InChI is InChI=1S/C13H14N2O5/c1-4-20-13(17)15-10-6-5-8(12(16)19-3)7-9(10)11(14-15)18-2/h5-7H,4H2,1-3H3. The zero-order chi connectivity index (χ0) is 14.7. The molecule has 0 fully saturated rings. The predicted octanol–water partition coefficient (Wildman–Crippen LogP) is 1.84. The van der Waals surface area contributed by atoms with Crippen molar-refractivity contribution in [3.63, 3.8) is 0 Å². The number of carbonyl (C=O) groups is 2. The van der Waals surface area contributed by atoms with Gasteiger partial charge >= 0.3 is 12.1 Å². The predicted molar refractivity (Wildman–Crippen MR) is 70.0 cm³/mol. The third kappa shape index (κ3) is 2.29. The van der Waals surface area contributed by atoms with Crippen molar-refractivity contribution in [2.45, 2.75) is 6.92 Å². The van der Waals surface area contributed by atoms with Gasteiger partial charge in [-0.3, -0.25) is 0 Å². The van der Waals surface area contributed by atoms with Crippen molar-refractivity contribution in [1.29, 1.82) is 0 Å². The minimum absolute atomic E-state index is 0.235. The third-order valence-electron chi connectivity index (χ3n) is 2.70. The highest BCUT2D eigenvalue weighted by atomic mass is 16.6. The summed E-state index contributed by atoms with van der Waals surface area (Å²) in [5.41, 5.74) is 0.842. The third-order valence-corrected chi connectivity index (χ3v) is 2.70. The number of carbonyl (C=O) groups excluding carboxylic acids is 2. The number of benzene rings is 1. The van der Waals surface area contributed by atoms with E-state index < -0.39 is 12.1 Å². The lowest BCUT2D eigenvalue weighted by Crippen LogP contribution is -2.14. The van der Waals surface area contributed by atoms with Gasteiger partial charge < -0.3 is 14.2 Å². The molecule has 0 saturated carbocycles. The second-order valence-corrected chi connectivity index (χ2v) is 3.84. The SMILES string of the molecule is CCOC(=O)n1nc(OC)c2cc(C(=O)OC)ccc21. The summed E-state index contributed by atoms with van der Waals surface area (Å²) in [4.78, 5) is 23.3. The zero-order valence-corrected chi connectivity index (χ0v) is 11.4. The molecule has 1 aromatic carbocycles. The Morgan fingerprint density at radius 3 is 2.65 bits per heavy atom. The normalized spacial score (nSPS) is 10.3. The number of ether oxygens (including phenoxy) is 3. The molecule has 1 aromatic heterocycles. The maximum atomic E-state index is 11.8. The van der Waals surface area contributed by atoms with Crippen LogP contribution in [0.2, 0.25) is 0 Å². The van der Waals surface area contributed by atoms with Crippen LogP contribution in [0.1, 0.15) is 17.3 Å². The number of aromatic nitrogens is 2. The monoisotopic (exact) mass is 278 g/mol. The van der Waals surface area contributed by atoms with Crippen LogP contribution in [0, 0.1) is 0 Å². The summed E-state index contributed by atoms with van der Waals surface area (Å²) >= 11 is 0. The summed E-state index contributed by atoms with van der Waals surface area (Å²) in [6.07, 6.45) is -0.605. The molecule has 2 aromatic rings. The Morgan fingerprint density at radius 2 is 2.05 bits per heavy atom. The van der Waals surface area contributed by atoms with E-state index in [0.29, 0.717) is 16.5 Å². The average molecular weight is 278 g/mol. The van der Waals surface area contributed by atoms with Gasteiger partial charge in [0.15, 0.2) is 0 Å². The summed E-state index contributed by atoms with van der Waals surface area (Å²) < 4.78 is 15.8. The van der Waals surface area contributed by atoms with E-state index in [1.54, 1.807) is 25.1 Å². The molecular weight excluding hydrogens is 264 g/mol. The van der Waals surface area contributed by atoms with Crippen molar-refractivity contribution in [3.8, 4) is 5.88 Å². The second kappa shape index (κ2) is 5.60. The fraction of sp³-hybridized carbons (Fsp3) is 0.308. The van der Waals surface area contributed by atoms with Crippen molar-refractivity contribution < 1.29 is 23.8 Å². The fourth-order valence-electron chi connectivity index (χ4n) is 1.81. The smallest absolute Gasteiger partial charge is 0.435 e. The van der Waals surface area contributed by atoms with E-state index in [1.165, 1.54) is 14.2 Å². The molecule has 20 heavy (non-hydrogen) atoms. The molecule has 7 nitrogen and oxygen atoms in total. The van der Waals surface area contributed by atoms with Gasteiger partial charge in [-0.2, -0.15) is 4.68 Å². The van der Waals surface area contributed by atoms with Crippen molar-refractivity contribution in [1.82, 2.24) is 9.78 Å². The Kier molecular flexibility index (Phi) is 3.88. The largest absolute Gasteiger partial charge is 0.479 e. The highest BCUT2D eigenvalue weighted by Gasteiger charge is 2.18.